The number of amides is 3. The van der Waals surface area contributed by atoms with Gasteiger partial charge in [-0.05, 0) is 63.6 Å². The maximum absolute atomic E-state index is 12.2. The molecule has 0 aliphatic carbocycles. The maximum atomic E-state index is 12.2. The third-order valence-electron chi connectivity index (χ3n) is 3.95. The summed E-state index contributed by atoms with van der Waals surface area (Å²) in [6, 6.07) is 16.1. The van der Waals surface area contributed by atoms with E-state index in [0.717, 1.165) is 5.75 Å². The van der Waals surface area contributed by atoms with Crippen molar-refractivity contribution in [2.24, 2.45) is 5.73 Å². The summed E-state index contributed by atoms with van der Waals surface area (Å²) in [5.41, 5.74) is 6.06. The van der Waals surface area contributed by atoms with Crippen molar-refractivity contribution in [3.63, 3.8) is 0 Å². The van der Waals surface area contributed by atoms with Crippen LogP contribution in [0.1, 0.15) is 33.6 Å². The fourth-order valence-corrected chi connectivity index (χ4v) is 2.57. The van der Waals surface area contributed by atoms with E-state index in [1.165, 1.54) is 0 Å². The first-order valence-electron chi connectivity index (χ1n) is 9.67. The standard InChI is InChI=1S/C22H30N4O3/c1-22(2,3)26-21(28)25-17(15-23)11-14-20(27)24-16-9-12-19(13-10-16)29-18-7-5-4-6-8-18/h4-10,12-13,17H,11,14-15,23H2,1-3H3,(H,24,27)(H2,25,26,28)/t17-/m0/s1. The number of carbonyl (C=O) groups excluding carboxylic acids is 2. The molecular weight excluding hydrogens is 368 g/mol. The van der Waals surface area contributed by atoms with E-state index in [1.54, 1.807) is 24.3 Å². The molecule has 0 unspecified atom stereocenters. The van der Waals surface area contributed by atoms with E-state index in [-0.39, 0.29) is 36.5 Å². The average Bonchev–Trinajstić information content (AvgIpc) is 2.66. The average molecular weight is 399 g/mol. The van der Waals surface area contributed by atoms with Gasteiger partial charge in [-0.25, -0.2) is 4.79 Å². The Morgan fingerprint density at radius 3 is 2.21 bits per heavy atom. The van der Waals surface area contributed by atoms with E-state index in [9.17, 15) is 9.59 Å². The highest BCUT2D eigenvalue weighted by atomic mass is 16.5. The van der Waals surface area contributed by atoms with Gasteiger partial charge in [-0.15, -0.1) is 0 Å². The topological polar surface area (TPSA) is 105 Å². The lowest BCUT2D eigenvalue weighted by Crippen LogP contribution is -2.51. The number of para-hydroxylation sites is 1. The molecule has 2 aromatic carbocycles. The van der Waals surface area contributed by atoms with Crippen LogP contribution in [-0.2, 0) is 4.79 Å². The molecule has 0 radical (unpaired) electrons. The number of ether oxygens (including phenoxy) is 1. The number of nitrogens with one attached hydrogen (secondary N) is 3. The zero-order valence-electron chi connectivity index (χ0n) is 17.2. The number of rotatable bonds is 8. The van der Waals surface area contributed by atoms with Crippen molar-refractivity contribution < 1.29 is 14.3 Å². The van der Waals surface area contributed by atoms with Gasteiger partial charge in [-0.1, -0.05) is 18.2 Å². The second-order valence-electron chi connectivity index (χ2n) is 7.81. The molecule has 0 fully saturated rings. The number of benzene rings is 2. The molecule has 2 aromatic rings. The number of hydrogen-bond acceptors (Lipinski definition) is 4. The molecule has 2 rings (SSSR count). The number of urea groups is 1. The molecule has 0 aliphatic rings. The molecule has 0 aliphatic heterocycles. The van der Waals surface area contributed by atoms with Crippen molar-refractivity contribution in [2.45, 2.75) is 45.2 Å². The fraction of sp³-hybridized carbons (Fsp3) is 0.364. The van der Waals surface area contributed by atoms with E-state index in [2.05, 4.69) is 16.0 Å². The number of anilines is 1. The van der Waals surface area contributed by atoms with Crippen LogP contribution in [0.25, 0.3) is 0 Å². The zero-order valence-corrected chi connectivity index (χ0v) is 17.2. The molecule has 29 heavy (non-hydrogen) atoms. The molecule has 156 valence electrons. The second kappa shape index (κ2) is 10.5. The van der Waals surface area contributed by atoms with Gasteiger partial charge in [0, 0.05) is 30.2 Å². The van der Waals surface area contributed by atoms with E-state index in [4.69, 9.17) is 10.5 Å². The lowest BCUT2D eigenvalue weighted by Gasteiger charge is -2.23. The third-order valence-corrected chi connectivity index (χ3v) is 3.95. The van der Waals surface area contributed by atoms with Crippen molar-refractivity contribution in [3.8, 4) is 11.5 Å². The molecule has 7 heteroatoms. The van der Waals surface area contributed by atoms with Crippen LogP contribution in [0.4, 0.5) is 10.5 Å². The summed E-state index contributed by atoms with van der Waals surface area (Å²) in [7, 11) is 0. The number of carbonyl (C=O) groups is 2. The molecule has 3 amide bonds. The Kier molecular flexibility index (Phi) is 8.03. The maximum Gasteiger partial charge on any atom is 0.315 e. The highest BCUT2D eigenvalue weighted by molar-refractivity contribution is 5.90. The highest BCUT2D eigenvalue weighted by Crippen LogP contribution is 2.22. The summed E-state index contributed by atoms with van der Waals surface area (Å²) < 4.78 is 5.73. The van der Waals surface area contributed by atoms with Gasteiger partial charge >= 0.3 is 6.03 Å². The summed E-state index contributed by atoms with van der Waals surface area (Å²) in [4.78, 5) is 24.1. The minimum atomic E-state index is -0.336. The third kappa shape index (κ3) is 8.66. The van der Waals surface area contributed by atoms with E-state index in [0.29, 0.717) is 17.9 Å². The van der Waals surface area contributed by atoms with Crippen LogP contribution in [0, 0.1) is 0 Å². The van der Waals surface area contributed by atoms with Crippen LogP contribution < -0.4 is 26.4 Å². The van der Waals surface area contributed by atoms with Crippen LogP contribution in [0.3, 0.4) is 0 Å². The van der Waals surface area contributed by atoms with Crippen LogP contribution >= 0.6 is 0 Å². The predicted octanol–water partition coefficient (Wildman–Crippen LogP) is 3.62. The molecule has 0 saturated carbocycles. The second-order valence-corrected chi connectivity index (χ2v) is 7.81. The molecule has 0 saturated heterocycles. The fourth-order valence-electron chi connectivity index (χ4n) is 2.57. The van der Waals surface area contributed by atoms with Crippen molar-refractivity contribution in [2.75, 3.05) is 11.9 Å². The summed E-state index contributed by atoms with van der Waals surface area (Å²) in [6.07, 6.45) is 0.703. The van der Waals surface area contributed by atoms with E-state index in [1.807, 2.05) is 51.1 Å². The zero-order chi connectivity index (χ0) is 21.3. The van der Waals surface area contributed by atoms with Gasteiger partial charge < -0.3 is 26.4 Å². The molecule has 0 bridgehead atoms. The van der Waals surface area contributed by atoms with Gasteiger partial charge in [-0.2, -0.15) is 0 Å². The highest BCUT2D eigenvalue weighted by Gasteiger charge is 2.17. The van der Waals surface area contributed by atoms with E-state index < -0.39 is 0 Å². The van der Waals surface area contributed by atoms with Gasteiger partial charge in [-0.3, -0.25) is 4.79 Å². The van der Waals surface area contributed by atoms with E-state index >= 15 is 0 Å². The van der Waals surface area contributed by atoms with Crippen molar-refractivity contribution in [3.05, 3.63) is 54.6 Å². The van der Waals surface area contributed by atoms with Crippen LogP contribution in [0.2, 0.25) is 0 Å². The summed E-state index contributed by atoms with van der Waals surface area (Å²) in [5.74, 6) is 1.30. The smallest absolute Gasteiger partial charge is 0.315 e. The van der Waals surface area contributed by atoms with Gasteiger partial charge in [0.2, 0.25) is 5.91 Å². The van der Waals surface area contributed by atoms with Crippen molar-refractivity contribution in [1.82, 2.24) is 10.6 Å². The first-order valence-corrected chi connectivity index (χ1v) is 9.67. The van der Waals surface area contributed by atoms with Crippen LogP contribution in [0.5, 0.6) is 11.5 Å². The lowest BCUT2D eigenvalue weighted by atomic mass is 10.1. The molecule has 0 heterocycles. The molecule has 1 atom stereocenters. The Labute approximate surface area is 172 Å². The Morgan fingerprint density at radius 1 is 1.00 bits per heavy atom. The summed E-state index contributed by atoms with van der Waals surface area (Å²) in [6.45, 7) is 5.95. The number of nitrogens with two attached hydrogens (primary N) is 1. The molecule has 7 nitrogen and oxygen atoms in total. The van der Waals surface area contributed by atoms with Crippen LogP contribution in [-0.4, -0.2) is 30.1 Å². The first kappa shape index (κ1) is 22.2. The minimum absolute atomic E-state index is 0.141. The molecule has 0 aromatic heterocycles. The quantitative estimate of drug-likeness (QED) is 0.545. The Morgan fingerprint density at radius 2 is 1.62 bits per heavy atom. The summed E-state index contributed by atoms with van der Waals surface area (Å²) >= 11 is 0. The van der Waals surface area contributed by atoms with Gasteiger partial charge in [0.25, 0.3) is 0 Å². The summed E-state index contributed by atoms with van der Waals surface area (Å²) in [5, 5.41) is 8.46. The predicted molar refractivity (Wildman–Crippen MR) is 115 cm³/mol. The molecule has 5 N–H and O–H groups in total. The molecular formula is C22H30N4O3. The van der Waals surface area contributed by atoms with Gasteiger partial charge in [0.15, 0.2) is 0 Å². The first-order chi connectivity index (χ1) is 13.7. The van der Waals surface area contributed by atoms with Crippen LogP contribution in [0.15, 0.2) is 54.6 Å². The Bertz CT molecular complexity index is 786. The van der Waals surface area contributed by atoms with Gasteiger partial charge in [0.05, 0.1) is 0 Å². The SMILES string of the molecule is CC(C)(C)NC(=O)N[C@H](CN)CCC(=O)Nc1ccc(Oc2ccccc2)cc1. The van der Waals surface area contributed by atoms with Gasteiger partial charge in [0.1, 0.15) is 11.5 Å². The largest absolute Gasteiger partial charge is 0.457 e. The minimum Gasteiger partial charge on any atom is -0.457 e. The van der Waals surface area contributed by atoms with Crippen molar-refractivity contribution >= 4 is 17.6 Å². The monoisotopic (exact) mass is 398 g/mol. The normalized spacial score (nSPS) is 12.0. The molecule has 0 spiro atoms. The lowest BCUT2D eigenvalue weighted by molar-refractivity contribution is -0.116. The number of hydrogen-bond donors (Lipinski definition) is 4. The Balaban J connectivity index is 1.78. The van der Waals surface area contributed by atoms with Crippen molar-refractivity contribution in [1.29, 1.82) is 0 Å². The Hall–Kier alpha value is -3.06.